The Kier molecular flexibility index (Phi) is 4.60. The number of ether oxygens (including phenoxy) is 1. The van der Waals surface area contributed by atoms with Crippen molar-refractivity contribution in [1.82, 2.24) is 20.2 Å². The molecule has 5 nitrogen and oxygen atoms in total. The van der Waals surface area contributed by atoms with Gasteiger partial charge in [-0.25, -0.2) is 9.97 Å². The molecule has 2 fully saturated rings. The summed E-state index contributed by atoms with van der Waals surface area (Å²) in [4.78, 5) is 11.5. The monoisotopic (exact) mass is 276 g/mol. The van der Waals surface area contributed by atoms with Crippen LogP contribution < -0.4 is 5.32 Å². The summed E-state index contributed by atoms with van der Waals surface area (Å²) in [6.45, 7) is 7.01. The molecule has 5 heteroatoms. The Morgan fingerprint density at radius 3 is 3.05 bits per heavy atom. The highest BCUT2D eigenvalue weighted by molar-refractivity contribution is 5.07. The Morgan fingerprint density at radius 1 is 1.40 bits per heavy atom. The predicted octanol–water partition coefficient (Wildman–Crippen LogP) is 1.51. The molecule has 2 aliphatic rings. The molecule has 1 N–H and O–H groups in total. The van der Waals surface area contributed by atoms with E-state index in [1.165, 1.54) is 19.4 Å². The summed E-state index contributed by atoms with van der Waals surface area (Å²) in [6.07, 6.45) is 7.60. The molecule has 110 valence electrons. The van der Waals surface area contributed by atoms with Gasteiger partial charge >= 0.3 is 0 Å². The number of nitrogens with zero attached hydrogens (tertiary/aromatic N) is 3. The van der Waals surface area contributed by atoms with Crippen molar-refractivity contribution in [2.45, 2.75) is 44.9 Å². The van der Waals surface area contributed by atoms with Gasteiger partial charge in [-0.2, -0.15) is 0 Å². The molecule has 3 rings (SSSR count). The van der Waals surface area contributed by atoms with Gasteiger partial charge in [0.1, 0.15) is 6.10 Å². The largest absolute Gasteiger partial charge is 0.367 e. The molecule has 0 saturated carbocycles. The molecule has 2 unspecified atom stereocenters. The lowest BCUT2D eigenvalue weighted by molar-refractivity contribution is -0.0541. The Labute approximate surface area is 120 Å². The summed E-state index contributed by atoms with van der Waals surface area (Å²) in [7, 11) is 0. The zero-order valence-electron chi connectivity index (χ0n) is 12.2. The Hall–Kier alpha value is -1.04. The summed E-state index contributed by atoms with van der Waals surface area (Å²) in [5, 5.41) is 3.36. The normalized spacial score (nSPS) is 26.6. The van der Waals surface area contributed by atoms with Gasteiger partial charge in [0, 0.05) is 37.1 Å². The van der Waals surface area contributed by atoms with E-state index >= 15 is 0 Å². The standard InChI is InChI=1S/C15H24N4O/c1-2-5-16-7-12-8-17-15(18-9-12)14-10-19-6-3-4-13(19)11-20-14/h8-9,13-14,16H,2-7,10-11H2,1H3. The smallest absolute Gasteiger partial charge is 0.158 e. The molecule has 0 aromatic carbocycles. The summed E-state index contributed by atoms with van der Waals surface area (Å²) in [5.74, 6) is 0.828. The van der Waals surface area contributed by atoms with Crippen LogP contribution in [0.15, 0.2) is 12.4 Å². The molecule has 20 heavy (non-hydrogen) atoms. The highest BCUT2D eigenvalue weighted by Crippen LogP contribution is 2.28. The van der Waals surface area contributed by atoms with E-state index in [0.717, 1.165) is 44.0 Å². The van der Waals surface area contributed by atoms with Crippen molar-refractivity contribution in [1.29, 1.82) is 0 Å². The van der Waals surface area contributed by atoms with Gasteiger partial charge in [0.2, 0.25) is 0 Å². The maximum Gasteiger partial charge on any atom is 0.158 e. The van der Waals surface area contributed by atoms with Crippen molar-refractivity contribution in [3.63, 3.8) is 0 Å². The molecule has 0 aliphatic carbocycles. The highest BCUT2D eigenvalue weighted by Gasteiger charge is 2.33. The molecule has 2 saturated heterocycles. The first-order valence-electron chi connectivity index (χ1n) is 7.74. The summed E-state index contributed by atoms with van der Waals surface area (Å²) in [5.41, 5.74) is 1.14. The van der Waals surface area contributed by atoms with E-state index in [-0.39, 0.29) is 6.10 Å². The van der Waals surface area contributed by atoms with E-state index in [0.29, 0.717) is 6.04 Å². The number of hydrogen-bond acceptors (Lipinski definition) is 5. The van der Waals surface area contributed by atoms with Crippen LogP contribution in [0.5, 0.6) is 0 Å². The minimum absolute atomic E-state index is 0.0435. The van der Waals surface area contributed by atoms with E-state index < -0.39 is 0 Å². The SMILES string of the molecule is CCCNCc1cnc(C2CN3CCCC3CO2)nc1. The van der Waals surface area contributed by atoms with Crippen LogP contribution in [-0.4, -0.2) is 47.2 Å². The maximum absolute atomic E-state index is 5.93. The third-order valence-electron chi connectivity index (χ3n) is 4.16. The second-order valence-corrected chi connectivity index (χ2v) is 5.74. The quantitative estimate of drug-likeness (QED) is 0.826. The highest BCUT2D eigenvalue weighted by atomic mass is 16.5. The van der Waals surface area contributed by atoms with Crippen LogP contribution in [0.2, 0.25) is 0 Å². The lowest BCUT2D eigenvalue weighted by atomic mass is 10.2. The molecule has 0 bridgehead atoms. The molecule has 3 heterocycles. The second-order valence-electron chi connectivity index (χ2n) is 5.74. The molecule has 1 aromatic rings. The maximum atomic E-state index is 5.93. The van der Waals surface area contributed by atoms with Crippen molar-refractivity contribution in [3.05, 3.63) is 23.8 Å². The third-order valence-corrected chi connectivity index (χ3v) is 4.16. The number of hydrogen-bond donors (Lipinski definition) is 1. The van der Waals surface area contributed by atoms with E-state index in [4.69, 9.17) is 4.74 Å². The van der Waals surface area contributed by atoms with E-state index in [1.807, 2.05) is 12.4 Å². The summed E-state index contributed by atoms with van der Waals surface area (Å²) in [6, 6.07) is 0.628. The summed E-state index contributed by atoms with van der Waals surface area (Å²) >= 11 is 0. The molecule has 0 amide bonds. The van der Waals surface area contributed by atoms with E-state index in [1.54, 1.807) is 0 Å². The van der Waals surface area contributed by atoms with Crippen LogP contribution in [0.3, 0.4) is 0 Å². The van der Waals surface area contributed by atoms with Gasteiger partial charge in [0.25, 0.3) is 0 Å². The second kappa shape index (κ2) is 6.61. The number of rotatable bonds is 5. The zero-order valence-corrected chi connectivity index (χ0v) is 12.2. The fraction of sp³-hybridized carbons (Fsp3) is 0.733. The van der Waals surface area contributed by atoms with Crippen LogP contribution >= 0.6 is 0 Å². The first-order valence-corrected chi connectivity index (χ1v) is 7.74. The number of nitrogens with one attached hydrogen (secondary N) is 1. The zero-order chi connectivity index (χ0) is 13.8. The Bertz CT molecular complexity index is 422. The van der Waals surface area contributed by atoms with Crippen LogP contribution in [0.4, 0.5) is 0 Å². The lowest BCUT2D eigenvalue weighted by Crippen LogP contribution is -2.42. The van der Waals surface area contributed by atoms with Crippen molar-refractivity contribution >= 4 is 0 Å². The average molecular weight is 276 g/mol. The van der Waals surface area contributed by atoms with E-state index in [9.17, 15) is 0 Å². The van der Waals surface area contributed by atoms with Crippen molar-refractivity contribution in [2.75, 3.05) is 26.2 Å². The van der Waals surface area contributed by atoms with Crippen LogP contribution in [0.25, 0.3) is 0 Å². The molecule has 0 spiro atoms. The van der Waals surface area contributed by atoms with Gasteiger partial charge in [-0.3, -0.25) is 4.90 Å². The molecule has 0 radical (unpaired) electrons. The molecular formula is C15H24N4O. The van der Waals surface area contributed by atoms with Gasteiger partial charge < -0.3 is 10.1 Å². The lowest BCUT2D eigenvalue weighted by Gasteiger charge is -2.34. The summed E-state index contributed by atoms with van der Waals surface area (Å²) < 4.78 is 5.93. The number of morpholine rings is 1. The minimum Gasteiger partial charge on any atom is -0.367 e. The minimum atomic E-state index is 0.0435. The van der Waals surface area contributed by atoms with Crippen LogP contribution in [0.1, 0.15) is 43.7 Å². The Balaban J connectivity index is 1.57. The first kappa shape index (κ1) is 13.9. The topological polar surface area (TPSA) is 50.3 Å². The number of fused-ring (bicyclic) bond motifs is 1. The third kappa shape index (κ3) is 3.16. The van der Waals surface area contributed by atoms with Gasteiger partial charge in [-0.15, -0.1) is 0 Å². The Morgan fingerprint density at radius 2 is 2.25 bits per heavy atom. The molecule has 1 aromatic heterocycles. The molecular weight excluding hydrogens is 252 g/mol. The van der Waals surface area contributed by atoms with Crippen molar-refractivity contribution in [3.8, 4) is 0 Å². The van der Waals surface area contributed by atoms with Crippen LogP contribution in [-0.2, 0) is 11.3 Å². The van der Waals surface area contributed by atoms with Crippen molar-refractivity contribution in [2.24, 2.45) is 0 Å². The van der Waals surface area contributed by atoms with Gasteiger partial charge in [0.15, 0.2) is 5.82 Å². The van der Waals surface area contributed by atoms with Crippen molar-refractivity contribution < 1.29 is 4.74 Å². The van der Waals surface area contributed by atoms with E-state index in [2.05, 4.69) is 27.1 Å². The fourth-order valence-corrected chi connectivity index (χ4v) is 3.01. The molecule has 2 atom stereocenters. The van der Waals surface area contributed by atoms with Gasteiger partial charge in [0.05, 0.1) is 6.61 Å². The predicted molar refractivity (Wildman–Crippen MR) is 77.3 cm³/mol. The molecule has 2 aliphatic heterocycles. The average Bonchev–Trinajstić information content (AvgIpc) is 2.96. The van der Waals surface area contributed by atoms with Gasteiger partial charge in [-0.05, 0) is 32.4 Å². The number of aromatic nitrogens is 2. The first-order chi connectivity index (χ1) is 9.86. The fourth-order valence-electron chi connectivity index (χ4n) is 3.01. The van der Waals surface area contributed by atoms with Gasteiger partial charge in [-0.1, -0.05) is 6.92 Å². The van der Waals surface area contributed by atoms with Crippen LogP contribution in [0, 0.1) is 0 Å².